The third-order valence-electron chi connectivity index (χ3n) is 2.56. The molecule has 18 heavy (non-hydrogen) atoms. The van der Waals surface area contributed by atoms with Crippen molar-refractivity contribution in [3.05, 3.63) is 6.07 Å². The van der Waals surface area contributed by atoms with Gasteiger partial charge in [0.15, 0.2) is 5.16 Å². The van der Waals surface area contributed by atoms with Crippen LogP contribution in [0.1, 0.15) is 13.8 Å². The van der Waals surface area contributed by atoms with Crippen LogP contribution in [-0.2, 0) is 0 Å². The Hall–Kier alpha value is -1.05. The van der Waals surface area contributed by atoms with Crippen molar-refractivity contribution in [1.29, 1.82) is 0 Å². The van der Waals surface area contributed by atoms with E-state index in [-0.39, 0.29) is 0 Å². The monoisotopic (exact) mass is 271 g/mol. The number of rotatable bonds is 8. The molecule has 0 aliphatic rings. The number of ether oxygens (including phenoxy) is 1. The summed E-state index contributed by atoms with van der Waals surface area (Å²) in [6, 6.07) is 1.70. The van der Waals surface area contributed by atoms with E-state index in [9.17, 15) is 0 Å². The fraction of sp³-hybridized carbons (Fsp3) is 0.636. The molecule has 0 aromatic carbocycles. The van der Waals surface area contributed by atoms with Gasteiger partial charge in [-0.15, -0.1) is 0 Å². The van der Waals surface area contributed by atoms with Crippen LogP contribution in [-0.4, -0.2) is 47.4 Å². The van der Waals surface area contributed by atoms with E-state index in [0.717, 1.165) is 19.6 Å². The van der Waals surface area contributed by atoms with Crippen LogP contribution in [0.4, 0.5) is 5.82 Å². The lowest BCUT2D eigenvalue weighted by atomic mass is 10.5. The van der Waals surface area contributed by atoms with Gasteiger partial charge in [0.2, 0.25) is 5.88 Å². The molecule has 0 aliphatic carbocycles. The molecule has 0 fully saturated rings. The zero-order chi connectivity index (χ0) is 13.4. The topological polar surface area (TPSA) is 76.3 Å². The second kappa shape index (κ2) is 8.12. The zero-order valence-corrected chi connectivity index (χ0v) is 12.0. The number of hydrazine groups is 1. The van der Waals surface area contributed by atoms with E-state index in [0.29, 0.717) is 23.5 Å². The molecule has 0 bridgehead atoms. The normalized spacial score (nSPS) is 10.7. The molecule has 1 heterocycles. The molecule has 0 aliphatic heterocycles. The third kappa shape index (κ3) is 4.67. The number of nitrogens with zero attached hydrogens (tertiary/aromatic N) is 3. The SMILES string of the molecule is CCN(CC)CCOc1cc(NN)nc(SC)n1. The number of aromatic nitrogens is 2. The van der Waals surface area contributed by atoms with Crippen molar-refractivity contribution in [2.24, 2.45) is 5.84 Å². The standard InChI is InChI=1S/C11H21N5OS/c1-4-16(5-2)6-7-17-10-8-9(15-12)13-11(14-10)18-3/h8H,4-7,12H2,1-3H3,(H,13,14,15). The molecule has 1 rings (SSSR count). The first-order chi connectivity index (χ1) is 8.73. The maximum atomic E-state index is 5.62. The fourth-order valence-electron chi connectivity index (χ4n) is 1.46. The summed E-state index contributed by atoms with van der Waals surface area (Å²) in [5.41, 5.74) is 2.51. The van der Waals surface area contributed by atoms with E-state index in [2.05, 4.69) is 34.1 Å². The molecule has 0 radical (unpaired) electrons. The van der Waals surface area contributed by atoms with Crippen LogP contribution >= 0.6 is 11.8 Å². The van der Waals surface area contributed by atoms with Crippen LogP contribution in [0.2, 0.25) is 0 Å². The third-order valence-corrected chi connectivity index (χ3v) is 3.11. The second-order valence-electron chi connectivity index (χ2n) is 3.60. The van der Waals surface area contributed by atoms with Crippen LogP contribution in [0.15, 0.2) is 11.2 Å². The molecule has 0 saturated carbocycles. The highest BCUT2D eigenvalue weighted by molar-refractivity contribution is 7.98. The van der Waals surface area contributed by atoms with Crippen molar-refractivity contribution in [3.63, 3.8) is 0 Å². The average molecular weight is 271 g/mol. The highest BCUT2D eigenvalue weighted by Crippen LogP contribution is 2.18. The number of nitrogen functional groups attached to an aromatic ring is 1. The van der Waals surface area contributed by atoms with Crippen LogP contribution in [0.25, 0.3) is 0 Å². The van der Waals surface area contributed by atoms with E-state index in [1.54, 1.807) is 6.07 Å². The maximum Gasteiger partial charge on any atom is 0.219 e. The Morgan fingerprint density at radius 3 is 2.67 bits per heavy atom. The molecule has 3 N–H and O–H groups in total. The molecule has 1 aromatic heterocycles. The second-order valence-corrected chi connectivity index (χ2v) is 4.37. The Kier molecular flexibility index (Phi) is 6.77. The Bertz CT molecular complexity index is 337. The van der Waals surface area contributed by atoms with Crippen molar-refractivity contribution in [2.45, 2.75) is 19.0 Å². The van der Waals surface area contributed by atoms with Gasteiger partial charge in [0.25, 0.3) is 0 Å². The Labute approximate surface area is 112 Å². The fourth-order valence-corrected chi connectivity index (χ4v) is 1.83. The lowest BCUT2D eigenvalue weighted by molar-refractivity contribution is 0.217. The quantitative estimate of drug-likeness (QED) is 0.318. The van der Waals surface area contributed by atoms with E-state index < -0.39 is 0 Å². The number of nitrogens with one attached hydrogen (secondary N) is 1. The summed E-state index contributed by atoms with van der Waals surface area (Å²) >= 11 is 1.45. The minimum Gasteiger partial charge on any atom is -0.476 e. The largest absolute Gasteiger partial charge is 0.476 e. The molecule has 0 amide bonds. The lowest BCUT2D eigenvalue weighted by Crippen LogP contribution is -2.28. The van der Waals surface area contributed by atoms with E-state index in [1.807, 2.05) is 6.26 Å². The molecule has 7 heteroatoms. The van der Waals surface area contributed by atoms with Crippen LogP contribution in [0.5, 0.6) is 5.88 Å². The van der Waals surface area contributed by atoms with Crippen LogP contribution < -0.4 is 16.0 Å². The zero-order valence-electron chi connectivity index (χ0n) is 11.1. The summed E-state index contributed by atoms with van der Waals surface area (Å²) in [5, 5.41) is 0.642. The van der Waals surface area contributed by atoms with Gasteiger partial charge in [0, 0.05) is 12.6 Å². The first-order valence-corrected chi connectivity index (χ1v) is 7.20. The van der Waals surface area contributed by atoms with Gasteiger partial charge in [-0.25, -0.2) is 10.8 Å². The molecule has 0 spiro atoms. The number of anilines is 1. The predicted molar refractivity (Wildman–Crippen MR) is 74.9 cm³/mol. The first kappa shape index (κ1) is 15.0. The van der Waals surface area contributed by atoms with Crippen molar-refractivity contribution >= 4 is 17.6 Å². The highest BCUT2D eigenvalue weighted by Gasteiger charge is 2.05. The van der Waals surface area contributed by atoms with Crippen LogP contribution in [0.3, 0.4) is 0 Å². The van der Waals surface area contributed by atoms with Crippen LogP contribution in [0, 0.1) is 0 Å². The summed E-state index contributed by atoms with van der Waals surface area (Å²) < 4.78 is 5.62. The van der Waals surface area contributed by atoms with Crippen molar-refractivity contribution in [2.75, 3.05) is 37.9 Å². The van der Waals surface area contributed by atoms with Gasteiger partial charge >= 0.3 is 0 Å². The molecular formula is C11H21N5OS. The van der Waals surface area contributed by atoms with Crippen molar-refractivity contribution in [3.8, 4) is 5.88 Å². The predicted octanol–water partition coefficient (Wildman–Crippen LogP) is 1.20. The number of likely N-dealkylation sites (N-methyl/N-ethyl adjacent to an activating group) is 1. The minimum absolute atomic E-state index is 0.550. The van der Waals surface area contributed by atoms with Gasteiger partial charge in [-0.2, -0.15) is 4.98 Å². The lowest BCUT2D eigenvalue weighted by Gasteiger charge is -2.17. The smallest absolute Gasteiger partial charge is 0.219 e. The molecule has 1 aromatic rings. The van der Waals surface area contributed by atoms with E-state index in [1.165, 1.54) is 11.8 Å². The molecule has 0 atom stereocenters. The van der Waals surface area contributed by atoms with Crippen molar-refractivity contribution < 1.29 is 4.74 Å². The summed E-state index contributed by atoms with van der Waals surface area (Å²) in [6.45, 7) is 7.81. The minimum atomic E-state index is 0.550. The van der Waals surface area contributed by atoms with Gasteiger partial charge in [-0.3, -0.25) is 0 Å². The Morgan fingerprint density at radius 2 is 2.11 bits per heavy atom. The van der Waals surface area contributed by atoms with Gasteiger partial charge in [0.05, 0.1) is 0 Å². The number of hydrogen-bond donors (Lipinski definition) is 2. The first-order valence-electron chi connectivity index (χ1n) is 5.98. The molecular weight excluding hydrogens is 250 g/mol. The summed E-state index contributed by atoms with van der Waals surface area (Å²) in [6.07, 6.45) is 1.91. The highest BCUT2D eigenvalue weighted by atomic mass is 32.2. The average Bonchev–Trinajstić information content (AvgIpc) is 2.43. The van der Waals surface area contributed by atoms with Gasteiger partial charge < -0.3 is 15.1 Å². The van der Waals surface area contributed by atoms with Gasteiger partial charge in [-0.1, -0.05) is 25.6 Å². The number of thioether (sulfide) groups is 1. The Balaban J connectivity index is 2.55. The number of hydrogen-bond acceptors (Lipinski definition) is 7. The van der Waals surface area contributed by atoms with Gasteiger partial charge in [0.1, 0.15) is 12.4 Å². The Morgan fingerprint density at radius 1 is 1.39 bits per heavy atom. The van der Waals surface area contributed by atoms with E-state index in [4.69, 9.17) is 10.6 Å². The molecule has 0 saturated heterocycles. The van der Waals surface area contributed by atoms with Crippen molar-refractivity contribution in [1.82, 2.24) is 14.9 Å². The van der Waals surface area contributed by atoms with E-state index >= 15 is 0 Å². The summed E-state index contributed by atoms with van der Waals surface area (Å²) in [7, 11) is 0. The summed E-state index contributed by atoms with van der Waals surface area (Å²) in [5.74, 6) is 6.46. The molecule has 102 valence electrons. The maximum absolute atomic E-state index is 5.62. The molecule has 0 unspecified atom stereocenters. The van der Waals surface area contributed by atoms with Gasteiger partial charge in [-0.05, 0) is 19.3 Å². The summed E-state index contributed by atoms with van der Waals surface area (Å²) in [4.78, 5) is 10.7. The molecule has 6 nitrogen and oxygen atoms in total. The number of nitrogens with two attached hydrogens (primary N) is 1.